The minimum atomic E-state index is 0.669. The highest BCUT2D eigenvalue weighted by atomic mass is 15.0. The first-order valence-corrected chi connectivity index (χ1v) is 30.0. The Kier molecular flexibility index (Phi) is 11.2. The van der Waals surface area contributed by atoms with E-state index in [0.717, 1.165) is 72.9 Å². The molecule has 6 nitrogen and oxygen atoms in total. The topological polar surface area (TPSA) is 45.5 Å². The van der Waals surface area contributed by atoms with Gasteiger partial charge in [0, 0.05) is 82.5 Å². The molecule has 0 aliphatic rings. The van der Waals surface area contributed by atoms with Gasteiger partial charge in [-0.2, -0.15) is 0 Å². The van der Waals surface area contributed by atoms with Crippen LogP contribution in [0.3, 0.4) is 0 Å². The maximum Gasteiger partial charge on any atom is 0.160 e. The lowest BCUT2D eigenvalue weighted by Gasteiger charge is -2.12. The summed E-state index contributed by atoms with van der Waals surface area (Å²) in [5.74, 6) is 0.669. The summed E-state index contributed by atoms with van der Waals surface area (Å²) in [4.78, 5) is 10.6. The Hall–Kier alpha value is -11.9. The monoisotopic (exact) mass is 1120 g/mol. The van der Waals surface area contributed by atoms with Crippen molar-refractivity contribution in [3.63, 3.8) is 0 Å². The van der Waals surface area contributed by atoms with Crippen LogP contribution in [-0.2, 0) is 0 Å². The third-order valence-corrected chi connectivity index (χ3v) is 18.0. The molecule has 13 aromatic carbocycles. The average Bonchev–Trinajstić information content (AvgIpc) is 2.60. The van der Waals surface area contributed by atoms with Crippen LogP contribution in [0.2, 0.25) is 0 Å². The first-order valence-electron chi connectivity index (χ1n) is 30.0. The summed E-state index contributed by atoms with van der Waals surface area (Å²) >= 11 is 0. The fraction of sp³-hybridized carbons (Fsp3) is 0. The van der Waals surface area contributed by atoms with Crippen LogP contribution in [0.1, 0.15) is 0 Å². The van der Waals surface area contributed by atoms with E-state index >= 15 is 0 Å². The summed E-state index contributed by atoms with van der Waals surface area (Å²) in [6.07, 6.45) is 0. The van der Waals surface area contributed by atoms with E-state index < -0.39 is 0 Å². The number of fused-ring (bicyclic) bond motifs is 12. The zero-order valence-electron chi connectivity index (χ0n) is 47.7. The van der Waals surface area contributed by atoms with E-state index in [0.29, 0.717) is 5.82 Å². The zero-order valence-corrected chi connectivity index (χ0v) is 47.7. The number of hydrogen-bond donors (Lipinski definition) is 0. The van der Waals surface area contributed by atoms with Crippen LogP contribution in [-0.4, -0.2) is 28.2 Å². The number of para-hydroxylation sites is 6. The summed E-state index contributed by atoms with van der Waals surface area (Å²) < 4.78 is 9.51. The van der Waals surface area contributed by atoms with E-state index in [9.17, 15) is 0 Å². The van der Waals surface area contributed by atoms with Crippen molar-refractivity contribution in [3.05, 3.63) is 315 Å². The highest BCUT2D eigenvalue weighted by molar-refractivity contribution is 6.15. The zero-order chi connectivity index (χ0) is 57.8. The fourth-order valence-corrected chi connectivity index (χ4v) is 13.9. The van der Waals surface area contributed by atoms with Crippen molar-refractivity contribution >= 4 is 87.2 Å². The fourth-order valence-electron chi connectivity index (χ4n) is 13.9. The van der Waals surface area contributed by atoms with E-state index in [1.165, 1.54) is 87.4 Å². The predicted molar refractivity (Wildman–Crippen MR) is 367 cm³/mol. The first-order chi connectivity index (χ1) is 43.6. The smallest absolute Gasteiger partial charge is 0.160 e. The Labute approximate surface area is 507 Å². The number of aromatic nitrogens is 6. The highest BCUT2D eigenvalue weighted by Gasteiger charge is 2.20. The lowest BCUT2D eigenvalue weighted by Crippen LogP contribution is -1.98. The van der Waals surface area contributed by atoms with Crippen molar-refractivity contribution in [1.82, 2.24) is 28.2 Å². The second kappa shape index (κ2) is 19.9. The Bertz CT molecular complexity index is 5440. The Morgan fingerprint density at radius 1 is 0.170 bits per heavy atom. The summed E-state index contributed by atoms with van der Waals surface area (Å²) in [6.45, 7) is 0. The molecule has 0 aliphatic heterocycles. The third-order valence-electron chi connectivity index (χ3n) is 18.0. The van der Waals surface area contributed by atoms with Crippen LogP contribution in [0, 0.1) is 0 Å². The molecule has 410 valence electrons. The lowest BCUT2D eigenvalue weighted by molar-refractivity contribution is 1.16. The largest absolute Gasteiger partial charge is 0.309 e. The maximum atomic E-state index is 5.34. The average molecular weight is 1120 g/mol. The molecule has 88 heavy (non-hydrogen) atoms. The van der Waals surface area contributed by atoms with Crippen molar-refractivity contribution in [2.45, 2.75) is 0 Å². The lowest BCUT2D eigenvalue weighted by atomic mass is 10.0. The Morgan fingerprint density at radius 3 is 0.761 bits per heavy atom. The number of rotatable bonds is 9. The Balaban J connectivity index is 0.684. The van der Waals surface area contributed by atoms with E-state index in [1.807, 2.05) is 6.07 Å². The second-order valence-corrected chi connectivity index (χ2v) is 22.9. The molecule has 0 bridgehead atoms. The summed E-state index contributed by atoms with van der Waals surface area (Å²) in [7, 11) is 0. The van der Waals surface area contributed by atoms with E-state index in [2.05, 4.69) is 328 Å². The summed E-state index contributed by atoms with van der Waals surface area (Å²) in [6, 6.07) is 114. The van der Waals surface area contributed by atoms with Gasteiger partial charge in [0.2, 0.25) is 0 Å². The van der Waals surface area contributed by atoms with Crippen molar-refractivity contribution in [1.29, 1.82) is 0 Å². The molecule has 0 spiro atoms. The number of hydrogen-bond acceptors (Lipinski definition) is 2. The number of nitrogens with zero attached hydrogens (tertiary/aromatic N) is 6. The van der Waals surface area contributed by atoms with Crippen LogP contribution >= 0.6 is 0 Å². The predicted octanol–water partition coefficient (Wildman–Crippen LogP) is 21.2. The summed E-state index contributed by atoms with van der Waals surface area (Å²) in [5.41, 5.74) is 23.3. The SMILES string of the molecule is c1ccc(-c2cc(-c3ccc(-n4c5ccccc5c5cc(-c6ccc7c(c6)c6ccccc6n7-c6ccccc6)ccc54)cc3)nc(-c3ccc(-n4c5ccccc5c5cc(-c6ccc7c(c6)c6ccccc6n7-c6ccccc6)ccc54)cc3)n2)cc1. The van der Waals surface area contributed by atoms with Crippen molar-refractivity contribution in [2.24, 2.45) is 0 Å². The van der Waals surface area contributed by atoms with E-state index in [-0.39, 0.29) is 0 Å². The van der Waals surface area contributed by atoms with Crippen molar-refractivity contribution < 1.29 is 0 Å². The molecular formula is C82H52N6. The van der Waals surface area contributed by atoms with Crippen LogP contribution in [0.4, 0.5) is 0 Å². The molecule has 0 saturated heterocycles. The molecule has 6 heteroatoms. The minimum Gasteiger partial charge on any atom is -0.309 e. The van der Waals surface area contributed by atoms with Gasteiger partial charge in [-0.15, -0.1) is 0 Å². The Morgan fingerprint density at radius 2 is 0.420 bits per heavy atom. The van der Waals surface area contributed by atoms with Crippen LogP contribution in [0.15, 0.2) is 315 Å². The van der Waals surface area contributed by atoms with Gasteiger partial charge < -0.3 is 18.3 Å². The minimum absolute atomic E-state index is 0.669. The highest BCUT2D eigenvalue weighted by Crippen LogP contribution is 2.42. The molecule has 18 aromatic rings. The first kappa shape index (κ1) is 49.6. The molecule has 0 atom stereocenters. The molecule has 5 heterocycles. The normalized spacial score (nSPS) is 11.9. The molecule has 0 unspecified atom stereocenters. The van der Waals surface area contributed by atoms with Gasteiger partial charge in [-0.05, 0) is 162 Å². The molecule has 0 radical (unpaired) electrons. The molecule has 18 rings (SSSR count). The van der Waals surface area contributed by atoms with Gasteiger partial charge in [-0.3, -0.25) is 0 Å². The third kappa shape index (κ3) is 7.89. The van der Waals surface area contributed by atoms with Gasteiger partial charge in [-0.1, -0.05) is 176 Å². The van der Waals surface area contributed by atoms with Gasteiger partial charge >= 0.3 is 0 Å². The molecule has 0 N–H and O–H groups in total. The quantitative estimate of drug-likeness (QED) is 0.145. The second-order valence-electron chi connectivity index (χ2n) is 22.9. The van der Waals surface area contributed by atoms with Crippen molar-refractivity contribution in [3.8, 4) is 78.9 Å². The summed E-state index contributed by atoms with van der Waals surface area (Å²) in [5, 5.41) is 9.81. The van der Waals surface area contributed by atoms with Gasteiger partial charge in [0.25, 0.3) is 0 Å². The van der Waals surface area contributed by atoms with Gasteiger partial charge in [-0.25, -0.2) is 9.97 Å². The van der Waals surface area contributed by atoms with Crippen LogP contribution < -0.4 is 0 Å². The maximum absolute atomic E-state index is 5.34. The number of benzene rings is 13. The molecule has 0 fully saturated rings. The van der Waals surface area contributed by atoms with Crippen molar-refractivity contribution in [2.75, 3.05) is 0 Å². The molecule has 0 aliphatic carbocycles. The van der Waals surface area contributed by atoms with Crippen LogP contribution in [0.5, 0.6) is 0 Å². The molecular weight excluding hydrogens is 1070 g/mol. The van der Waals surface area contributed by atoms with Crippen LogP contribution in [0.25, 0.3) is 166 Å². The van der Waals surface area contributed by atoms with Gasteiger partial charge in [0.15, 0.2) is 5.82 Å². The van der Waals surface area contributed by atoms with Gasteiger partial charge in [0.05, 0.1) is 55.5 Å². The van der Waals surface area contributed by atoms with E-state index in [4.69, 9.17) is 9.97 Å². The molecule has 5 aromatic heterocycles. The van der Waals surface area contributed by atoms with Gasteiger partial charge in [0.1, 0.15) is 0 Å². The molecule has 0 saturated carbocycles. The standard InChI is InChI=1S/C82H52N6/c1-4-18-53(19-5-1)72-52-73(54-32-40-62(41-33-54)87-76-30-16-12-26-66(76)70-50-58(38-46-80(70)87)56-36-44-78-68(48-56)64-24-10-14-28-74(64)85(78)60-20-6-2-7-21-60)84-82(83-72)55-34-42-63(43-35-55)88-77-31-17-13-27-67(77)71-51-59(39-47-81(71)88)57-37-45-79-69(49-57)65-25-11-15-29-75(65)86(79)61-22-8-3-9-23-61/h1-52H. The molecule has 0 amide bonds. The van der Waals surface area contributed by atoms with E-state index in [1.54, 1.807) is 0 Å².